The van der Waals surface area contributed by atoms with Crippen LogP contribution in [0.25, 0.3) is 0 Å². The van der Waals surface area contributed by atoms with Gasteiger partial charge in [-0.2, -0.15) is 0 Å². The fourth-order valence-electron chi connectivity index (χ4n) is 2.32. The third-order valence-corrected chi connectivity index (χ3v) is 3.13. The molecule has 92 valence electrons. The number of rotatable bonds is 2. The molecule has 1 atom stereocenters. The smallest absolute Gasteiger partial charge is 0.295 e. The molecule has 1 fully saturated rings. The van der Waals surface area contributed by atoms with E-state index in [-0.39, 0.29) is 5.69 Å². The van der Waals surface area contributed by atoms with Crippen LogP contribution in [0.3, 0.4) is 0 Å². The zero-order chi connectivity index (χ0) is 12.4. The Morgan fingerprint density at radius 2 is 2.29 bits per heavy atom. The summed E-state index contributed by atoms with van der Waals surface area (Å²) in [5, 5.41) is 10.9. The lowest BCUT2D eigenvalue weighted by atomic mass is 9.99. The molecule has 1 aromatic rings. The first-order valence-electron chi connectivity index (χ1n) is 5.77. The van der Waals surface area contributed by atoms with Crippen molar-refractivity contribution in [2.45, 2.75) is 19.8 Å². The first kappa shape index (κ1) is 11.8. The third kappa shape index (κ3) is 2.54. The molecule has 4 nitrogen and oxygen atoms in total. The molecule has 2 rings (SSSR count). The van der Waals surface area contributed by atoms with E-state index in [9.17, 15) is 14.5 Å². The van der Waals surface area contributed by atoms with Gasteiger partial charge in [0.25, 0.3) is 5.69 Å². The van der Waals surface area contributed by atoms with E-state index in [1.54, 1.807) is 0 Å². The first-order chi connectivity index (χ1) is 8.08. The molecule has 0 aliphatic carbocycles. The minimum absolute atomic E-state index is 0.140. The third-order valence-electron chi connectivity index (χ3n) is 3.13. The van der Waals surface area contributed by atoms with E-state index in [1.165, 1.54) is 12.1 Å². The Kier molecular flexibility index (Phi) is 3.26. The summed E-state index contributed by atoms with van der Waals surface area (Å²) in [6, 6.07) is 3.78. The van der Waals surface area contributed by atoms with Crippen LogP contribution in [0.1, 0.15) is 19.8 Å². The molecule has 0 unspecified atom stereocenters. The van der Waals surface area contributed by atoms with Crippen molar-refractivity contribution >= 4 is 11.4 Å². The Bertz CT molecular complexity index is 437. The van der Waals surface area contributed by atoms with Crippen LogP contribution in [-0.4, -0.2) is 18.0 Å². The molecule has 1 aromatic carbocycles. The molecular formula is C12H15FN2O2. The van der Waals surface area contributed by atoms with Crippen LogP contribution in [0.5, 0.6) is 0 Å². The van der Waals surface area contributed by atoms with Crippen molar-refractivity contribution in [2.75, 3.05) is 18.0 Å². The molecule has 0 N–H and O–H groups in total. The van der Waals surface area contributed by atoms with Crippen molar-refractivity contribution in [3.05, 3.63) is 34.1 Å². The predicted octanol–water partition coefficient (Wildman–Crippen LogP) is 2.97. The fraction of sp³-hybridized carbons (Fsp3) is 0.500. The van der Waals surface area contributed by atoms with Crippen LogP contribution in [0.15, 0.2) is 18.2 Å². The van der Waals surface area contributed by atoms with Gasteiger partial charge in [0.05, 0.1) is 11.0 Å². The maximum atomic E-state index is 13.0. The van der Waals surface area contributed by atoms with Gasteiger partial charge in [-0.15, -0.1) is 0 Å². The topological polar surface area (TPSA) is 46.4 Å². The zero-order valence-corrected chi connectivity index (χ0v) is 9.73. The Hall–Kier alpha value is -1.65. The van der Waals surface area contributed by atoms with Crippen molar-refractivity contribution < 1.29 is 9.31 Å². The van der Waals surface area contributed by atoms with Gasteiger partial charge in [0.15, 0.2) is 0 Å². The monoisotopic (exact) mass is 238 g/mol. The minimum Gasteiger partial charge on any atom is -0.366 e. The summed E-state index contributed by atoms with van der Waals surface area (Å²) in [5.74, 6) is -0.0427. The van der Waals surface area contributed by atoms with Crippen LogP contribution in [0.2, 0.25) is 0 Å². The molecule has 1 aliphatic rings. The summed E-state index contributed by atoms with van der Waals surface area (Å²) in [7, 11) is 0. The van der Waals surface area contributed by atoms with Gasteiger partial charge in [0, 0.05) is 13.1 Å². The molecule has 0 amide bonds. The lowest BCUT2D eigenvalue weighted by molar-refractivity contribution is -0.384. The zero-order valence-electron chi connectivity index (χ0n) is 9.73. The van der Waals surface area contributed by atoms with E-state index >= 15 is 0 Å². The van der Waals surface area contributed by atoms with Gasteiger partial charge in [-0.1, -0.05) is 6.92 Å². The Morgan fingerprint density at radius 3 is 2.94 bits per heavy atom. The average Bonchev–Trinajstić information content (AvgIpc) is 2.28. The number of hydrogen-bond acceptors (Lipinski definition) is 3. The first-order valence-corrected chi connectivity index (χ1v) is 5.77. The highest BCUT2D eigenvalue weighted by molar-refractivity contribution is 5.63. The summed E-state index contributed by atoms with van der Waals surface area (Å²) in [6.07, 6.45) is 2.17. The average molecular weight is 238 g/mol. The maximum absolute atomic E-state index is 13.0. The second kappa shape index (κ2) is 4.69. The van der Waals surface area contributed by atoms with Gasteiger partial charge in [-0.3, -0.25) is 10.1 Å². The predicted molar refractivity (Wildman–Crippen MR) is 63.7 cm³/mol. The number of anilines is 1. The van der Waals surface area contributed by atoms with Crippen molar-refractivity contribution in [1.82, 2.24) is 0 Å². The fourth-order valence-corrected chi connectivity index (χ4v) is 2.32. The summed E-state index contributed by atoms with van der Waals surface area (Å²) < 4.78 is 13.0. The van der Waals surface area contributed by atoms with Crippen molar-refractivity contribution in [3.8, 4) is 0 Å². The van der Waals surface area contributed by atoms with E-state index in [0.29, 0.717) is 11.6 Å². The number of halogens is 1. The highest BCUT2D eigenvalue weighted by atomic mass is 19.1. The number of nitro benzene ring substituents is 1. The van der Waals surface area contributed by atoms with E-state index in [1.807, 2.05) is 4.90 Å². The minimum atomic E-state index is -0.564. The SMILES string of the molecule is C[C@@H]1CCCN(c2ccc(F)cc2[N+](=O)[O-])C1. The normalized spacial score (nSPS) is 20.4. The van der Waals surface area contributed by atoms with Crippen molar-refractivity contribution in [3.63, 3.8) is 0 Å². The Labute approximate surface area is 99.2 Å². The molecule has 1 heterocycles. The lowest BCUT2D eigenvalue weighted by Crippen LogP contribution is -2.34. The number of piperidine rings is 1. The van der Waals surface area contributed by atoms with Crippen LogP contribution >= 0.6 is 0 Å². The second-order valence-corrected chi connectivity index (χ2v) is 4.58. The van der Waals surface area contributed by atoms with Crippen LogP contribution < -0.4 is 4.90 Å². The molecule has 17 heavy (non-hydrogen) atoms. The van der Waals surface area contributed by atoms with Gasteiger partial charge < -0.3 is 4.90 Å². The van der Waals surface area contributed by atoms with Crippen LogP contribution in [0.4, 0.5) is 15.8 Å². The molecular weight excluding hydrogens is 223 g/mol. The maximum Gasteiger partial charge on any atom is 0.295 e. The number of benzene rings is 1. The molecule has 1 aliphatic heterocycles. The van der Waals surface area contributed by atoms with Gasteiger partial charge in [0.1, 0.15) is 11.5 Å². The van der Waals surface area contributed by atoms with Gasteiger partial charge in [-0.25, -0.2) is 4.39 Å². The summed E-state index contributed by atoms with van der Waals surface area (Å²) in [6.45, 7) is 3.73. The molecule has 0 aromatic heterocycles. The Balaban J connectivity index is 2.33. The number of hydrogen-bond donors (Lipinski definition) is 0. The van der Waals surface area contributed by atoms with E-state index in [4.69, 9.17) is 0 Å². The highest BCUT2D eigenvalue weighted by Gasteiger charge is 2.24. The lowest BCUT2D eigenvalue weighted by Gasteiger charge is -2.32. The van der Waals surface area contributed by atoms with E-state index in [0.717, 1.165) is 32.0 Å². The Morgan fingerprint density at radius 1 is 1.53 bits per heavy atom. The van der Waals surface area contributed by atoms with Gasteiger partial charge >= 0.3 is 0 Å². The number of nitro groups is 1. The standard InChI is InChI=1S/C12H15FN2O2/c1-9-3-2-6-14(8-9)11-5-4-10(13)7-12(11)15(16)17/h4-5,7,9H,2-3,6,8H2,1H3/t9-/m1/s1. The van der Waals surface area contributed by atoms with E-state index in [2.05, 4.69) is 6.92 Å². The molecule has 0 spiro atoms. The summed E-state index contributed by atoms with van der Waals surface area (Å²) >= 11 is 0. The molecule has 0 radical (unpaired) electrons. The molecule has 0 saturated carbocycles. The molecule has 5 heteroatoms. The van der Waals surface area contributed by atoms with Crippen molar-refractivity contribution in [2.24, 2.45) is 5.92 Å². The highest BCUT2D eigenvalue weighted by Crippen LogP contribution is 2.31. The van der Waals surface area contributed by atoms with Gasteiger partial charge in [0.2, 0.25) is 0 Å². The quantitative estimate of drug-likeness (QED) is 0.587. The van der Waals surface area contributed by atoms with Gasteiger partial charge in [-0.05, 0) is 30.9 Å². The number of nitrogens with zero attached hydrogens (tertiary/aromatic N) is 2. The van der Waals surface area contributed by atoms with Crippen molar-refractivity contribution in [1.29, 1.82) is 0 Å². The summed E-state index contributed by atoms with van der Waals surface area (Å²) in [4.78, 5) is 12.4. The van der Waals surface area contributed by atoms with Crippen LogP contribution in [0, 0.1) is 21.8 Å². The molecule has 1 saturated heterocycles. The summed E-state index contributed by atoms with van der Waals surface area (Å²) in [5.41, 5.74) is 0.391. The molecule has 0 bridgehead atoms. The largest absolute Gasteiger partial charge is 0.366 e. The second-order valence-electron chi connectivity index (χ2n) is 4.58. The van der Waals surface area contributed by atoms with Crippen LogP contribution in [-0.2, 0) is 0 Å². The van der Waals surface area contributed by atoms with E-state index < -0.39 is 10.7 Å².